The molecule has 0 aliphatic carbocycles. The van der Waals surface area contributed by atoms with Crippen molar-refractivity contribution in [2.75, 3.05) is 0 Å². The van der Waals surface area contributed by atoms with Crippen molar-refractivity contribution < 1.29 is 20.0 Å². The molecular formula is C15H17O4P. The lowest BCUT2D eigenvalue weighted by Crippen LogP contribution is -2.16. The van der Waals surface area contributed by atoms with E-state index in [1.165, 1.54) is 5.80 Å². The largest absolute Gasteiger partial charge is 0.507 e. The minimum absolute atomic E-state index is 0.0520. The maximum Gasteiger partial charge on any atom is 0.149 e. The highest BCUT2D eigenvalue weighted by Gasteiger charge is 2.27. The summed E-state index contributed by atoms with van der Waals surface area (Å²) in [4.78, 5) is 20.7. The zero-order chi connectivity index (χ0) is 14.3. The van der Waals surface area contributed by atoms with Gasteiger partial charge in [-0.1, -0.05) is 24.3 Å². The summed E-state index contributed by atoms with van der Waals surface area (Å²) in [6.07, 6.45) is 2.83. The van der Waals surface area contributed by atoms with E-state index in [0.717, 1.165) is 12.8 Å². The van der Waals surface area contributed by atoms with Crippen LogP contribution < -0.4 is 5.30 Å². The molecule has 0 saturated heterocycles. The average Bonchev–Trinajstić information content (AvgIpc) is 2.41. The molecule has 0 atom stereocenters. The third kappa shape index (κ3) is 2.01. The second-order valence-electron chi connectivity index (χ2n) is 5.15. The van der Waals surface area contributed by atoms with Gasteiger partial charge in [-0.2, -0.15) is 0 Å². The molecule has 4 N–H and O–H groups in total. The SMILES string of the molecule is Oc1c2c(c(O)c3ccccc13)P(O)(O)=CCCCC2. The smallest absolute Gasteiger partial charge is 0.149 e. The summed E-state index contributed by atoms with van der Waals surface area (Å²) in [5.74, 6) is 1.42. The summed E-state index contributed by atoms with van der Waals surface area (Å²) in [6.45, 7) is 0. The third-order valence-corrected chi connectivity index (χ3v) is 5.73. The predicted molar refractivity (Wildman–Crippen MR) is 81.9 cm³/mol. The van der Waals surface area contributed by atoms with Gasteiger partial charge >= 0.3 is 0 Å². The molecule has 2 aromatic carbocycles. The lowest BCUT2D eigenvalue weighted by Gasteiger charge is -2.23. The number of benzene rings is 2. The Hall–Kier alpha value is -1.48. The van der Waals surface area contributed by atoms with Gasteiger partial charge in [0.1, 0.15) is 18.8 Å². The van der Waals surface area contributed by atoms with Crippen LogP contribution >= 0.6 is 7.34 Å². The lowest BCUT2D eigenvalue weighted by molar-refractivity contribution is 0.456. The highest BCUT2D eigenvalue weighted by molar-refractivity contribution is 7.71. The molecule has 0 spiro atoms. The molecule has 0 fully saturated rings. The molecule has 5 heteroatoms. The standard InChI is InChI=1S/C15H17O4P/c16-13-10-6-3-4-7-11(10)14(17)15-12(13)8-2-1-5-9-20(15,18)19/h3-4,6-7,9,16-19H,1-2,5,8H2. The maximum atomic E-state index is 10.4. The molecule has 20 heavy (non-hydrogen) atoms. The number of aromatic hydroxyl groups is 2. The highest BCUT2D eigenvalue weighted by atomic mass is 31.2. The summed E-state index contributed by atoms with van der Waals surface area (Å²) >= 11 is 0. The van der Waals surface area contributed by atoms with Gasteiger partial charge < -0.3 is 20.0 Å². The van der Waals surface area contributed by atoms with E-state index in [1.54, 1.807) is 24.3 Å². The van der Waals surface area contributed by atoms with E-state index in [2.05, 4.69) is 0 Å². The fraction of sp³-hybridized carbons (Fsp3) is 0.267. The third-order valence-electron chi connectivity index (χ3n) is 3.83. The quantitative estimate of drug-likeness (QED) is 0.443. The molecule has 1 aliphatic rings. The first-order chi connectivity index (χ1) is 9.52. The summed E-state index contributed by atoms with van der Waals surface area (Å²) in [6, 6.07) is 6.92. The molecule has 0 radical (unpaired) electrons. The van der Waals surface area contributed by atoms with Crippen LogP contribution in [0.4, 0.5) is 0 Å². The van der Waals surface area contributed by atoms with Crippen LogP contribution in [0.3, 0.4) is 0 Å². The van der Waals surface area contributed by atoms with Crippen molar-refractivity contribution in [3.05, 3.63) is 29.8 Å². The maximum absolute atomic E-state index is 10.4. The summed E-state index contributed by atoms with van der Waals surface area (Å²) in [5, 5.41) is 22.0. The van der Waals surface area contributed by atoms with Gasteiger partial charge in [-0.3, -0.25) is 0 Å². The van der Waals surface area contributed by atoms with Crippen molar-refractivity contribution in [3.8, 4) is 11.5 Å². The summed E-state index contributed by atoms with van der Waals surface area (Å²) in [5.41, 5.74) is 0.468. The van der Waals surface area contributed by atoms with E-state index in [9.17, 15) is 20.0 Å². The van der Waals surface area contributed by atoms with Gasteiger partial charge in [-0.05, 0) is 31.5 Å². The van der Waals surface area contributed by atoms with Crippen molar-refractivity contribution in [2.24, 2.45) is 0 Å². The van der Waals surface area contributed by atoms with Crippen molar-refractivity contribution in [2.45, 2.75) is 25.7 Å². The van der Waals surface area contributed by atoms with Gasteiger partial charge in [0.25, 0.3) is 0 Å². The summed E-state index contributed by atoms with van der Waals surface area (Å²) < 4.78 is 0. The Morgan fingerprint density at radius 2 is 1.55 bits per heavy atom. The molecule has 106 valence electrons. The number of fused-ring (bicyclic) bond motifs is 2. The normalized spacial score (nSPS) is 17.9. The fourth-order valence-electron chi connectivity index (χ4n) is 2.84. The number of hydrogen-bond donors (Lipinski definition) is 4. The highest BCUT2D eigenvalue weighted by Crippen LogP contribution is 2.47. The second-order valence-corrected chi connectivity index (χ2v) is 7.26. The number of phenolic OH excluding ortho intramolecular Hbond substituents is 2. The molecule has 0 saturated carbocycles. The Morgan fingerprint density at radius 3 is 2.25 bits per heavy atom. The van der Waals surface area contributed by atoms with E-state index in [4.69, 9.17) is 0 Å². The Balaban J connectivity index is 2.47. The van der Waals surface area contributed by atoms with Gasteiger partial charge in [0.15, 0.2) is 0 Å². The van der Waals surface area contributed by atoms with Crippen molar-refractivity contribution in [1.29, 1.82) is 0 Å². The molecule has 0 unspecified atom stereocenters. The lowest BCUT2D eigenvalue weighted by atomic mass is 9.99. The van der Waals surface area contributed by atoms with Crippen molar-refractivity contribution in [1.82, 2.24) is 0 Å². The number of phenols is 2. The van der Waals surface area contributed by atoms with Crippen LogP contribution in [0.15, 0.2) is 24.3 Å². The Morgan fingerprint density at radius 1 is 0.900 bits per heavy atom. The zero-order valence-electron chi connectivity index (χ0n) is 11.0. The number of rotatable bonds is 0. The predicted octanol–water partition coefficient (Wildman–Crippen LogP) is 2.24. The molecule has 2 aromatic rings. The van der Waals surface area contributed by atoms with Crippen LogP contribution in [0.1, 0.15) is 24.8 Å². The minimum atomic E-state index is -3.50. The molecule has 1 aliphatic heterocycles. The van der Waals surface area contributed by atoms with Gasteiger partial charge in [0.05, 0.1) is 5.30 Å². The van der Waals surface area contributed by atoms with E-state index in [1.807, 2.05) is 0 Å². The van der Waals surface area contributed by atoms with Crippen LogP contribution in [0.25, 0.3) is 10.8 Å². The van der Waals surface area contributed by atoms with Gasteiger partial charge in [-0.25, -0.2) is 0 Å². The zero-order valence-corrected chi connectivity index (χ0v) is 11.8. The Bertz CT molecular complexity index is 730. The Kier molecular flexibility index (Phi) is 3.25. The van der Waals surface area contributed by atoms with Gasteiger partial charge in [-0.15, -0.1) is 0 Å². The van der Waals surface area contributed by atoms with Crippen LogP contribution in [0.2, 0.25) is 0 Å². The topological polar surface area (TPSA) is 80.9 Å². The second kappa shape index (κ2) is 4.81. The van der Waals surface area contributed by atoms with Crippen molar-refractivity contribution in [3.63, 3.8) is 0 Å². The molecule has 3 rings (SSSR count). The summed E-state index contributed by atoms with van der Waals surface area (Å²) in [7, 11) is -3.50. The number of hydrogen-bond acceptors (Lipinski definition) is 4. The molecule has 0 amide bonds. The monoisotopic (exact) mass is 292 g/mol. The molecular weight excluding hydrogens is 275 g/mol. The van der Waals surface area contributed by atoms with E-state index in [0.29, 0.717) is 29.2 Å². The average molecular weight is 292 g/mol. The first-order valence-corrected chi connectivity index (χ1v) is 8.43. The minimum Gasteiger partial charge on any atom is -0.507 e. The van der Waals surface area contributed by atoms with E-state index >= 15 is 0 Å². The van der Waals surface area contributed by atoms with Crippen molar-refractivity contribution >= 4 is 29.2 Å². The molecule has 0 bridgehead atoms. The van der Waals surface area contributed by atoms with E-state index < -0.39 is 7.34 Å². The fourth-order valence-corrected chi connectivity index (χ4v) is 4.61. The van der Waals surface area contributed by atoms with E-state index in [-0.39, 0.29) is 16.8 Å². The molecule has 4 nitrogen and oxygen atoms in total. The van der Waals surface area contributed by atoms with Crippen LogP contribution in [0.5, 0.6) is 11.5 Å². The van der Waals surface area contributed by atoms with Crippen LogP contribution in [-0.4, -0.2) is 25.8 Å². The molecule has 0 aromatic heterocycles. The van der Waals surface area contributed by atoms with Crippen LogP contribution in [0, 0.1) is 0 Å². The van der Waals surface area contributed by atoms with Gasteiger partial charge in [0, 0.05) is 16.3 Å². The Labute approximate surface area is 117 Å². The van der Waals surface area contributed by atoms with Crippen LogP contribution in [-0.2, 0) is 6.42 Å². The van der Waals surface area contributed by atoms with Gasteiger partial charge in [0.2, 0.25) is 0 Å². The first kappa shape index (κ1) is 13.5. The first-order valence-electron chi connectivity index (χ1n) is 6.67. The molecule has 1 heterocycles.